The fraction of sp³-hybridized carbons (Fsp3) is 0.917. The Hall–Kier alpha value is -0.610. The molecule has 0 aromatic rings. The monoisotopic (exact) mass is 228 g/mol. The molecule has 2 N–H and O–H groups in total. The first-order valence-electron chi connectivity index (χ1n) is 6.12. The molecule has 4 nitrogen and oxygen atoms in total. The molecule has 16 heavy (non-hydrogen) atoms. The Morgan fingerprint density at radius 3 is 2.75 bits per heavy atom. The van der Waals surface area contributed by atoms with Crippen molar-refractivity contribution in [2.45, 2.75) is 32.8 Å². The summed E-state index contributed by atoms with van der Waals surface area (Å²) in [7, 11) is 1.76. The Bertz CT molecular complexity index is 233. The van der Waals surface area contributed by atoms with E-state index in [1.165, 1.54) is 0 Å². The number of carbonyl (C=O) groups excluding carboxylic acids is 1. The van der Waals surface area contributed by atoms with Crippen LogP contribution in [0.4, 0.5) is 0 Å². The predicted octanol–water partition coefficient (Wildman–Crippen LogP) is 0.855. The Morgan fingerprint density at radius 2 is 2.31 bits per heavy atom. The first-order chi connectivity index (χ1) is 7.58. The minimum atomic E-state index is -0.167. The summed E-state index contributed by atoms with van der Waals surface area (Å²) < 4.78 is 5.50. The Balaban J connectivity index is 2.40. The smallest absolute Gasteiger partial charge is 0.221 e. The molecule has 3 unspecified atom stereocenters. The van der Waals surface area contributed by atoms with E-state index in [1.807, 2.05) is 0 Å². The average Bonchev–Trinajstić information content (AvgIpc) is 2.73. The zero-order valence-electron chi connectivity index (χ0n) is 10.6. The predicted molar refractivity (Wildman–Crippen MR) is 64.0 cm³/mol. The minimum absolute atomic E-state index is 0.0365. The average molecular weight is 228 g/mol. The van der Waals surface area contributed by atoms with Gasteiger partial charge in [0.25, 0.3) is 0 Å². The molecule has 1 amide bonds. The molecule has 0 bridgehead atoms. The van der Waals surface area contributed by atoms with Gasteiger partial charge in [-0.25, -0.2) is 0 Å². The van der Waals surface area contributed by atoms with Crippen LogP contribution in [-0.2, 0) is 9.53 Å². The lowest BCUT2D eigenvalue weighted by molar-refractivity contribution is -0.121. The van der Waals surface area contributed by atoms with Crippen molar-refractivity contribution in [3.63, 3.8) is 0 Å². The van der Waals surface area contributed by atoms with E-state index in [2.05, 4.69) is 18.7 Å². The van der Waals surface area contributed by atoms with E-state index < -0.39 is 0 Å². The molecule has 1 aliphatic heterocycles. The highest BCUT2D eigenvalue weighted by atomic mass is 16.5. The number of hydrogen-bond donors (Lipinski definition) is 1. The Labute approximate surface area is 98.1 Å². The SMILES string of the molecule is CCC(C)C(CN1CCC(C(N)=O)C1)OC. The van der Waals surface area contributed by atoms with Crippen LogP contribution in [0.3, 0.4) is 0 Å². The van der Waals surface area contributed by atoms with Crippen molar-refractivity contribution in [3.05, 3.63) is 0 Å². The molecule has 3 atom stereocenters. The van der Waals surface area contributed by atoms with Gasteiger partial charge >= 0.3 is 0 Å². The van der Waals surface area contributed by atoms with Crippen LogP contribution < -0.4 is 5.73 Å². The van der Waals surface area contributed by atoms with E-state index >= 15 is 0 Å². The number of rotatable bonds is 6. The normalized spacial score (nSPS) is 25.6. The summed E-state index contributed by atoms with van der Waals surface area (Å²) in [5.41, 5.74) is 5.31. The molecule has 0 aromatic carbocycles. The van der Waals surface area contributed by atoms with Gasteiger partial charge in [0.15, 0.2) is 0 Å². The maximum absolute atomic E-state index is 11.1. The molecule has 94 valence electrons. The molecular weight excluding hydrogens is 204 g/mol. The van der Waals surface area contributed by atoms with Gasteiger partial charge in [0.1, 0.15) is 0 Å². The van der Waals surface area contributed by atoms with Gasteiger partial charge in [0.2, 0.25) is 5.91 Å². The summed E-state index contributed by atoms with van der Waals surface area (Å²) in [4.78, 5) is 13.3. The van der Waals surface area contributed by atoms with Crippen molar-refractivity contribution in [1.82, 2.24) is 4.90 Å². The molecule has 1 heterocycles. The number of likely N-dealkylation sites (tertiary alicyclic amines) is 1. The van der Waals surface area contributed by atoms with Crippen LogP contribution in [0.25, 0.3) is 0 Å². The number of primary amides is 1. The van der Waals surface area contributed by atoms with E-state index in [-0.39, 0.29) is 17.9 Å². The zero-order chi connectivity index (χ0) is 12.1. The highest BCUT2D eigenvalue weighted by Gasteiger charge is 2.29. The van der Waals surface area contributed by atoms with Crippen LogP contribution in [0, 0.1) is 11.8 Å². The van der Waals surface area contributed by atoms with E-state index in [4.69, 9.17) is 10.5 Å². The van der Waals surface area contributed by atoms with Crippen LogP contribution in [-0.4, -0.2) is 43.7 Å². The molecule has 4 heteroatoms. The van der Waals surface area contributed by atoms with Crippen LogP contribution >= 0.6 is 0 Å². The second-order valence-electron chi connectivity index (χ2n) is 4.81. The van der Waals surface area contributed by atoms with Gasteiger partial charge in [0, 0.05) is 20.2 Å². The van der Waals surface area contributed by atoms with Crippen molar-refractivity contribution >= 4 is 5.91 Å². The fourth-order valence-electron chi connectivity index (χ4n) is 2.23. The summed E-state index contributed by atoms with van der Waals surface area (Å²) in [6.45, 7) is 7.05. The number of amides is 1. The molecule has 1 rings (SSSR count). The van der Waals surface area contributed by atoms with E-state index in [0.717, 1.165) is 32.5 Å². The first-order valence-corrected chi connectivity index (χ1v) is 6.12. The molecule has 0 aliphatic carbocycles. The highest BCUT2D eigenvalue weighted by Crippen LogP contribution is 2.19. The fourth-order valence-corrected chi connectivity index (χ4v) is 2.23. The number of methoxy groups -OCH3 is 1. The zero-order valence-corrected chi connectivity index (χ0v) is 10.6. The van der Waals surface area contributed by atoms with Crippen molar-refractivity contribution in [2.75, 3.05) is 26.7 Å². The van der Waals surface area contributed by atoms with Gasteiger partial charge < -0.3 is 10.5 Å². The van der Waals surface area contributed by atoms with Crippen molar-refractivity contribution in [2.24, 2.45) is 17.6 Å². The molecule has 1 fully saturated rings. The van der Waals surface area contributed by atoms with Crippen molar-refractivity contribution < 1.29 is 9.53 Å². The van der Waals surface area contributed by atoms with Gasteiger partial charge in [-0.1, -0.05) is 20.3 Å². The third-order valence-electron chi connectivity index (χ3n) is 3.69. The van der Waals surface area contributed by atoms with Gasteiger partial charge in [0.05, 0.1) is 12.0 Å². The molecule has 0 saturated carbocycles. The van der Waals surface area contributed by atoms with Crippen molar-refractivity contribution in [1.29, 1.82) is 0 Å². The third-order valence-corrected chi connectivity index (χ3v) is 3.69. The minimum Gasteiger partial charge on any atom is -0.380 e. The standard InChI is InChI=1S/C12H24N2O2/c1-4-9(2)11(16-3)8-14-6-5-10(7-14)12(13)15/h9-11H,4-8H2,1-3H3,(H2,13,15). The molecule has 0 spiro atoms. The maximum atomic E-state index is 11.1. The lowest BCUT2D eigenvalue weighted by Gasteiger charge is -2.26. The maximum Gasteiger partial charge on any atom is 0.221 e. The highest BCUT2D eigenvalue weighted by molar-refractivity contribution is 5.77. The summed E-state index contributed by atoms with van der Waals surface area (Å²) in [6, 6.07) is 0. The second-order valence-corrected chi connectivity index (χ2v) is 4.81. The number of ether oxygens (including phenoxy) is 1. The molecule has 1 aliphatic rings. The van der Waals surface area contributed by atoms with Crippen LogP contribution in [0.2, 0.25) is 0 Å². The van der Waals surface area contributed by atoms with Crippen LogP contribution in [0.1, 0.15) is 26.7 Å². The summed E-state index contributed by atoms with van der Waals surface area (Å²) in [6.07, 6.45) is 2.27. The number of carbonyl (C=O) groups is 1. The van der Waals surface area contributed by atoms with Gasteiger partial charge in [-0.2, -0.15) is 0 Å². The van der Waals surface area contributed by atoms with Crippen LogP contribution in [0.5, 0.6) is 0 Å². The lowest BCUT2D eigenvalue weighted by atomic mass is 10.0. The molecule has 0 aromatic heterocycles. The number of hydrogen-bond acceptors (Lipinski definition) is 3. The number of nitrogens with zero attached hydrogens (tertiary/aromatic N) is 1. The quantitative estimate of drug-likeness (QED) is 0.733. The van der Waals surface area contributed by atoms with Gasteiger partial charge in [-0.05, 0) is 18.9 Å². The Morgan fingerprint density at radius 1 is 1.62 bits per heavy atom. The third kappa shape index (κ3) is 3.46. The Kier molecular flexibility index (Phi) is 5.22. The molecule has 0 radical (unpaired) electrons. The van der Waals surface area contributed by atoms with E-state index in [0.29, 0.717) is 5.92 Å². The summed E-state index contributed by atoms with van der Waals surface area (Å²) >= 11 is 0. The van der Waals surface area contributed by atoms with Crippen molar-refractivity contribution in [3.8, 4) is 0 Å². The topological polar surface area (TPSA) is 55.6 Å². The lowest BCUT2D eigenvalue weighted by Crippen LogP contribution is -2.36. The van der Waals surface area contributed by atoms with Gasteiger partial charge in [-0.3, -0.25) is 9.69 Å². The molecular formula is C12H24N2O2. The summed E-state index contributed by atoms with van der Waals surface area (Å²) in [5, 5.41) is 0. The van der Waals surface area contributed by atoms with Crippen LogP contribution in [0.15, 0.2) is 0 Å². The van der Waals surface area contributed by atoms with E-state index in [1.54, 1.807) is 7.11 Å². The summed E-state index contributed by atoms with van der Waals surface area (Å²) in [5.74, 6) is 0.423. The van der Waals surface area contributed by atoms with Gasteiger partial charge in [-0.15, -0.1) is 0 Å². The second kappa shape index (κ2) is 6.21. The van der Waals surface area contributed by atoms with E-state index in [9.17, 15) is 4.79 Å². The number of nitrogens with two attached hydrogens (primary N) is 1. The first kappa shape index (κ1) is 13.5. The largest absolute Gasteiger partial charge is 0.380 e. The molecule has 1 saturated heterocycles.